The number of carbonyl (C=O) groups excluding carboxylic acids is 2. The van der Waals surface area contributed by atoms with E-state index in [0.717, 1.165) is 18.9 Å². The highest BCUT2D eigenvalue weighted by atomic mass is 35.5. The number of nitro groups is 1. The standard InChI is InChI=1S/C13H13ClN2O5/c1-7(12(17)15-8-2-3-8)21-13(18)10-6-9(16(19)20)4-5-11(10)14/h4-8H,2-3H2,1H3,(H,15,17)/t7-/m1/s1. The highest BCUT2D eigenvalue weighted by Crippen LogP contribution is 2.23. The number of nitrogens with one attached hydrogen (secondary N) is 1. The Balaban J connectivity index is 2.06. The molecule has 0 aromatic heterocycles. The molecule has 0 bridgehead atoms. The molecule has 0 unspecified atom stereocenters. The SMILES string of the molecule is C[C@@H](OC(=O)c1cc([N+](=O)[O-])ccc1Cl)C(=O)NC1CC1. The normalized spacial score (nSPS) is 15.1. The van der Waals surface area contributed by atoms with Crippen molar-refractivity contribution >= 4 is 29.2 Å². The van der Waals surface area contributed by atoms with Gasteiger partial charge >= 0.3 is 5.97 Å². The summed E-state index contributed by atoms with van der Waals surface area (Å²) in [5.74, 6) is -1.27. The maximum Gasteiger partial charge on any atom is 0.340 e. The first-order valence-corrected chi connectivity index (χ1v) is 6.71. The first-order chi connectivity index (χ1) is 9.88. The zero-order chi connectivity index (χ0) is 15.6. The molecule has 1 saturated carbocycles. The molecule has 1 fully saturated rings. The zero-order valence-electron chi connectivity index (χ0n) is 11.2. The number of benzene rings is 1. The van der Waals surface area contributed by atoms with Crippen LogP contribution in [0.4, 0.5) is 5.69 Å². The highest BCUT2D eigenvalue weighted by Gasteiger charge is 2.28. The Morgan fingerprint density at radius 1 is 1.48 bits per heavy atom. The highest BCUT2D eigenvalue weighted by molar-refractivity contribution is 6.33. The van der Waals surface area contributed by atoms with E-state index in [-0.39, 0.29) is 22.3 Å². The Kier molecular flexibility index (Phi) is 4.42. The maximum atomic E-state index is 11.9. The Bertz CT molecular complexity index is 600. The van der Waals surface area contributed by atoms with Crippen LogP contribution in [0.2, 0.25) is 5.02 Å². The molecule has 1 aliphatic rings. The van der Waals surface area contributed by atoms with Gasteiger partial charge in [-0.15, -0.1) is 0 Å². The molecule has 7 nitrogen and oxygen atoms in total. The van der Waals surface area contributed by atoms with E-state index in [1.807, 2.05) is 0 Å². The molecule has 0 saturated heterocycles. The Morgan fingerprint density at radius 2 is 2.14 bits per heavy atom. The molecule has 1 aliphatic carbocycles. The van der Waals surface area contributed by atoms with Crippen LogP contribution in [0.1, 0.15) is 30.1 Å². The lowest BCUT2D eigenvalue weighted by molar-refractivity contribution is -0.384. The number of carbonyl (C=O) groups is 2. The van der Waals surface area contributed by atoms with Gasteiger partial charge < -0.3 is 10.1 Å². The topological polar surface area (TPSA) is 98.5 Å². The third-order valence-corrected chi connectivity index (χ3v) is 3.29. The molecule has 2 rings (SSSR count). The monoisotopic (exact) mass is 312 g/mol. The first-order valence-electron chi connectivity index (χ1n) is 6.34. The van der Waals surface area contributed by atoms with Gasteiger partial charge in [0.2, 0.25) is 0 Å². The lowest BCUT2D eigenvalue weighted by atomic mass is 10.2. The van der Waals surface area contributed by atoms with Crippen molar-refractivity contribution in [2.24, 2.45) is 0 Å². The molecule has 1 atom stereocenters. The summed E-state index contributed by atoms with van der Waals surface area (Å²) in [6, 6.07) is 3.60. The molecule has 8 heteroatoms. The lowest BCUT2D eigenvalue weighted by Crippen LogP contribution is -2.37. The van der Waals surface area contributed by atoms with Crippen LogP contribution in [0.15, 0.2) is 18.2 Å². The average molecular weight is 313 g/mol. The minimum Gasteiger partial charge on any atom is -0.449 e. The van der Waals surface area contributed by atoms with Gasteiger partial charge in [-0.1, -0.05) is 11.6 Å². The number of halogens is 1. The Labute approximate surface area is 125 Å². The van der Waals surface area contributed by atoms with Gasteiger partial charge in [-0.25, -0.2) is 4.79 Å². The van der Waals surface area contributed by atoms with Crippen LogP contribution < -0.4 is 5.32 Å². The van der Waals surface area contributed by atoms with Gasteiger partial charge in [-0.05, 0) is 25.8 Å². The number of nitrogens with zero attached hydrogens (tertiary/aromatic N) is 1. The van der Waals surface area contributed by atoms with Gasteiger partial charge in [-0.3, -0.25) is 14.9 Å². The van der Waals surface area contributed by atoms with E-state index in [1.54, 1.807) is 0 Å². The van der Waals surface area contributed by atoms with E-state index < -0.39 is 22.9 Å². The quantitative estimate of drug-likeness (QED) is 0.510. The molecular formula is C13H13ClN2O5. The Morgan fingerprint density at radius 3 is 2.71 bits per heavy atom. The number of non-ortho nitro benzene ring substituents is 1. The summed E-state index contributed by atoms with van der Waals surface area (Å²) in [4.78, 5) is 33.7. The predicted molar refractivity (Wildman–Crippen MR) is 74.1 cm³/mol. The maximum absolute atomic E-state index is 11.9. The summed E-state index contributed by atoms with van der Waals surface area (Å²) in [7, 11) is 0. The lowest BCUT2D eigenvalue weighted by Gasteiger charge is -2.13. The molecule has 112 valence electrons. The average Bonchev–Trinajstić information content (AvgIpc) is 3.22. The molecular weight excluding hydrogens is 300 g/mol. The smallest absolute Gasteiger partial charge is 0.340 e. The number of esters is 1. The van der Waals surface area contributed by atoms with Crippen molar-refractivity contribution in [2.75, 3.05) is 0 Å². The number of amides is 1. The van der Waals surface area contributed by atoms with Gasteiger partial charge in [0.05, 0.1) is 15.5 Å². The van der Waals surface area contributed by atoms with Crippen molar-refractivity contribution < 1.29 is 19.2 Å². The minimum atomic E-state index is -0.992. The van der Waals surface area contributed by atoms with E-state index in [1.165, 1.54) is 19.1 Å². The molecule has 0 aliphatic heterocycles. The van der Waals surface area contributed by atoms with Crippen molar-refractivity contribution in [3.8, 4) is 0 Å². The van der Waals surface area contributed by atoms with Crippen LogP contribution in [-0.2, 0) is 9.53 Å². The fraction of sp³-hybridized carbons (Fsp3) is 0.385. The number of hydrogen-bond acceptors (Lipinski definition) is 5. The minimum absolute atomic E-state index is 0.0281. The summed E-state index contributed by atoms with van der Waals surface area (Å²) in [5, 5.41) is 13.4. The van der Waals surface area contributed by atoms with E-state index >= 15 is 0 Å². The fourth-order valence-corrected chi connectivity index (χ4v) is 1.80. The van der Waals surface area contributed by atoms with Crippen molar-refractivity contribution in [2.45, 2.75) is 31.9 Å². The van der Waals surface area contributed by atoms with E-state index in [4.69, 9.17) is 16.3 Å². The van der Waals surface area contributed by atoms with Gasteiger partial charge in [0.1, 0.15) is 0 Å². The van der Waals surface area contributed by atoms with Crippen molar-refractivity contribution in [3.05, 3.63) is 38.9 Å². The van der Waals surface area contributed by atoms with Crippen molar-refractivity contribution in [3.63, 3.8) is 0 Å². The third kappa shape index (κ3) is 3.91. The molecule has 1 aromatic carbocycles. The zero-order valence-corrected chi connectivity index (χ0v) is 11.9. The molecule has 1 N–H and O–H groups in total. The molecule has 0 spiro atoms. The molecule has 0 radical (unpaired) electrons. The first kappa shape index (κ1) is 15.2. The summed E-state index contributed by atoms with van der Waals surface area (Å²) in [6.45, 7) is 1.43. The summed E-state index contributed by atoms with van der Waals surface area (Å²) in [5.41, 5.74) is -0.418. The Hall–Kier alpha value is -2.15. The van der Waals surface area contributed by atoms with Crippen molar-refractivity contribution in [1.82, 2.24) is 5.32 Å². The number of ether oxygens (including phenoxy) is 1. The summed E-state index contributed by atoms with van der Waals surface area (Å²) < 4.78 is 4.98. The van der Waals surface area contributed by atoms with Crippen LogP contribution >= 0.6 is 11.6 Å². The van der Waals surface area contributed by atoms with Crippen LogP contribution in [0.3, 0.4) is 0 Å². The fourth-order valence-electron chi connectivity index (χ4n) is 1.61. The van der Waals surface area contributed by atoms with Crippen LogP contribution in [0.5, 0.6) is 0 Å². The number of hydrogen-bond donors (Lipinski definition) is 1. The second-order valence-electron chi connectivity index (χ2n) is 4.75. The molecule has 1 amide bonds. The second kappa shape index (κ2) is 6.09. The number of nitro benzene ring substituents is 1. The van der Waals surface area contributed by atoms with Gasteiger partial charge in [0.15, 0.2) is 6.10 Å². The van der Waals surface area contributed by atoms with Crippen LogP contribution in [0.25, 0.3) is 0 Å². The summed E-state index contributed by atoms with van der Waals surface area (Å²) in [6.07, 6.45) is 0.847. The van der Waals surface area contributed by atoms with Crippen LogP contribution in [0, 0.1) is 10.1 Å². The number of rotatable bonds is 5. The van der Waals surface area contributed by atoms with Crippen molar-refractivity contribution in [1.29, 1.82) is 0 Å². The van der Waals surface area contributed by atoms with Gasteiger partial charge in [0.25, 0.3) is 11.6 Å². The van der Waals surface area contributed by atoms with Crippen LogP contribution in [-0.4, -0.2) is 28.9 Å². The summed E-state index contributed by atoms with van der Waals surface area (Å²) >= 11 is 5.83. The molecule has 21 heavy (non-hydrogen) atoms. The third-order valence-electron chi connectivity index (χ3n) is 2.96. The second-order valence-corrected chi connectivity index (χ2v) is 5.16. The van der Waals surface area contributed by atoms with Gasteiger partial charge in [0, 0.05) is 18.2 Å². The van der Waals surface area contributed by atoms with E-state index in [0.29, 0.717) is 0 Å². The van der Waals surface area contributed by atoms with Gasteiger partial charge in [-0.2, -0.15) is 0 Å². The van der Waals surface area contributed by atoms with E-state index in [9.17, 15) is 19.7 Å². The largest absolute Gasteiger partial charge is 0.449 e. The molecule has 1 aromatic rings. The van der Waals surface area contributed by atoms with E-state index in [2.05, 4.69) is 5.32 Å². The molecule has 0 heterocycles. The predicted octanol–water partition coefficient (Wildman–Crippen LogP) is 2.07.